The van der Waals surface area contributed by atoms with Crippen LogP contribution < -0.4 is 0 Å². The maximum Gasteiger partial charge on any atom is 0.190 e. The first-order valence-corrected chi connectivity index (χ1v) is 4.69. The van der Waals surface area contributed by atoms with Crippen LogP contribution in [0.1, 0.15) is 10.4 Å². The van der Waals surface area contributed by atoms with Gasteiger partial charge in [-0.1, -0.05) is 23.2 Å². The SMILES string of the molecule is COCC(=O)c1cc(Cl)sc1Cl. The van der Waals surface area contributed by atoms with Crippen molar-refractivity contribution in [2.45, 2.75) is 0 Å². The van der Waals surface area contributed by atoms with E-state index in [1.165, 1.54) is 18.4 Å². The highest BCUT2D eigenvalue weighted by Crippen LogP contribution is 2.31. The van der Waals surface area contributed by atoms with Gasteiger partial charge in [-0.3, -0.25) is 4.79 Å². The fourth-order valence-corrected chi connectivity index (χ4v) is 2.24. The lowest BCUT2D eigenvalue weighted by Gasteiger charge is -1.95. The van der Waals surface area contributed by atoms with Crippen molar-refractivity contribution in [3.8, 4) is 0 Å². The number of hydrogen-bond donors (Lipinski definition) is 0. The van der Waals surface area contributed by atoms with Gasteiger partial charge < -0.3 is 4.74 Å². The molecule has 0 amide bonds. The van der Waals surface area contributed by atoms with Gasteiger partial charge >= 0.3 is 0 Å². The zero-order chi connectivity index (χ0) is 9.14. The Balaban J connectivity index is 2.87. The van der Waals surface area contributed by atoms with Crippen molar-refractivity contribution >= 4 is 40.3 Å². The summed E-state index contributed by atoms with van der Waals surface area (Å²) in [4.78, 5) is 11.2. The predicted molar refractivity (Wildman–Crippen MR) is 50.5 cm³/mol. The zero-order valence-electron chi connectivity index (χ0n) is 6.27. The summed E-state index contributed by atoms with van der Waals surface area (Å²) in [6, 6.07) is 1.55. The topological polar surface area (TPSA) is 26.3 Å². The van der Waals surface area contributed by atoms with E-state index in [-0.39, 0.29) is 12.4 Å². The van der Waals surface area contributed by atoms with Crippen molar-refractivity contribution in [2.24, 2.45) is 0 Å². The maximum absolute atomic E-state index is 11.2. The second kappa shape index (κ2) is 4.23. The van der Waals surface area contributed by atoms with E-state index in [9.17, 15) is 4.79 Å². The maximum atomic E-state index is 11.2. The molecule has 0 saturated heterocycles. The number of halogens is 2. The minimum absolute atomic E-state index is 0.0345. The molecule has 0 fully saturated rings. The third kappa shape index (κ3) is 2.20. The smallest absolute Gasteiger partial charge is 0.190 e. The van der Waals surface area contributed by atoms with Gasteiger partial charge in [-0.25, -0.2) is 0 Å². The van der Waals surface area contributed by atoms with Crippen LogP contribution in [-0.4, -0.2) is 19.5 Å². The number of carbonyl (C=O) groups is 1. The molecular weight excluding hydrogens is 219 g/mol. The van der Waals surface area contributed by atoms with Crippen molar-refractivity contribution in [3.63, 3.8) is 0 Å². The van der Waals surface area contributed by atoms with E-state index in [1.807, 2.05) is 0 Å². The molecule has 0 bridgehead atoms. The number of Topliss-reactive ketones (excluding diaryl/α,β-unsaturated/α-hetero) is 1. The number of methoxy groups -OCH3 is 1. The molecule has 0 spiro atoms. The van der Waals surface area contributed by atoms with Crippen molar-refractivity contribution < 1.29 is 9.53 Å². The van der Waals surface area contributed by atoms with Crippen LogP contribution in [0.4, 0.5) is 0 Å². The molecule has 0 unspecified atom stereocenters. The molecule has 1 rings (SSSR count). The Labute approximate surface area is 84.0 Å². The number of rotatable bonds is 3. The average Bonchev–Trinajstić information content (AvgIpc) is 2.30. The van der Waals surface area contributed by atoms with Crippen LogP contribution in [0, 0.1) is 0 Å². The van der Waals surface area contributed by atoms with E-state index < -0.39 is 0 Å². The summed E-state index contributed by atoms with van der Waals surface area (Å²) in [6.45, 7) is 0.0345. The van der Waals surface area contributed by atoms with E-state index >= 15 is 0 Å². The number of ether oxygens (including phenoxy) is 1. The molecule has 0 N–H and O–H groups in total. The quantitative estimate of drug-likeness (QED) is 0.739. The first-order chi connectivity index (χ1) is 5.65. The molecule has 0 aromatic carbocycles. The van der Waals surface area contributed by atoms with Gasteiger partial charge in [-0.2, -0.15) is 0 Å². The van der Waals surface area contributed by atoms with Gasteiger partial charge in [0.1, 0.15) is 10.9 Å². The first kappa shape index (κ1) is 9.99. The van der Waals surface area contributed by atoms with Gasteiger partial charge in [0.15, 0.2) is 5.78 Å². The highest BCUT2D eigenvalue weighted by molar-refractivity contribution is 7.20. The summed E-state index contributed by atoms with van der Waals surface area (Å²) in [5.41, 5.74) is 0.438. The molecule has 66 valence electrons. The van der Waals surface area contributed by atoms with Gasteiger partial charge in [-0.05, 0) is 6.07 Å². The summed E-state index contributed by atoms with van der Waals surface area (Å²) in [5.74, 6) is -0.148. The summed E-state index contributed by atoms with van der Waals surface area (Å²) in [7, 11) is 1.46. The van der Waals surface area contributed by atoms with Crippen LogP contribution in [0.15, 0.2) is 6.07 Å². The Hall–Kier alpha value is -0.0900. The molecule has 0 aliphatic carbocycles. The van der Waals surface area contributed by atoms with Gasteiger partial charge in [-0.15, -0.1) is 11.3 Å². The van der Waals surface area contributed by atoms with E-state index in [0.717, 1.165) is 0 Å². The minimum atomic E-state index is -0.148. The van der Waals surface area contributed by atoms with Crippen LogP contribution in [0.2, 0.25) is 8.67 Å². The number of thiophene rings is 1. The van der Waals surface area contributed by atoms with Crippen molar-refractivity contribution in [3.05, 3.63) is 20.3 Å². The zero-order valence-corrected chi connectivity index (χ0v) is 8.59. The second-order valence-corrected chi connectivity index (χ2v) is 4.38. The highest BCUT2D eigenvalue weighted by atomic mass is 35.5. The van der Waals surface area contributed by atoms with Gasteiger partial charge in [0, 0.05) is 7.11 Å². The number of ketones is 1. The summed E-state index contributed by atoms with van der Waals surface area (Å²) in [5, 5.41) is 0. The average molecular weight is 225 g/mol. The fourth-order valence-electron chi connectivity index (χ4n) is 0.739. The Kier molecular flexibility index (Phi) is 3.53. The lowest BCUT2D eigenvalue weighted by atomic mass is 10.2. The van der Waals surface area contributed by atoms with E-state index in [4.69, 9.17) is 23.2 Å². The molecule has 0 aliphatic rings. The fraction of sp³-hybridized carbons (Fsp3) is 0.286. The molecule has 1 heterocycles. The molecule has 0 radical (unpaired) electrons. The molecule has 1 aromatic rings. The standard InChI is InChI=1S/C7H6Cl2O2S/c1-11-3-5(10)4-2-6(8)12-7(4)9/h2H,3H2,1H3. The molecular formula is C7H6Cl2O2S. The minimum Gasteiger partial charge on any atom is -0.377 e. The van der Waals surface area contributed by atoms with Crippen molar-refractivity contribution in [1.82, 2.24) is 0 Å². The lowest BCUT2D eigenvalue weighted by molar-refractivity contribution is 0.0848. The third-order valence-electron chi connectivity index (χ3n) is 1.23. The highest BCUT2D eigenvalue weighted by Gasteiger charge is 2.13. The van der Waals surface area contributed by atoms with Crippen molar-refractivity contribution in [2.75, 3.05) is 13.7 Å². The molecule has 0 atom stereocenters. The molecule has 0 aliphatic heterocycles. The molecule has 2 nitrogen and oxygen atoms in total. The lowest BCUT2D eigenvalue weighted by Crippen LogP contribution is -2.05. The third-order valence-corrected chi connectivity index (χ3v) is 2.72. The summed E-state index contributed by atoms with van der Waals surface area (Å²) < 4.78 is 5.61. The van der Waals surface area contributed by atoms with E-state index in [1.54, 1.807) is 6.07 Å². The first-order valence-electron chi connectivity index (χ1n) is 3.12. The van der Waals surface area contributed by atoms with Crippen LogP contribution in [0.3, 0.4) is 0 Å². The van der Waals surface area contributed by atoms with Crippen LogP contribution in [-0.2, 0) is 4.74 Å². The summed E-state index contributed by atoms with van der Waals surface area (Å²) in [6.07, 6.45) is 0. The van der Waals surface area contributed by atoms with E-state index in [2.05, 4.69) is 4.74 Å². The molecule has 0 saturated carbocycles. The Bertz CT molecular complexity index is 296. The molecule has 1 aromatic heterocycles. The van der Waals surface area contributed by atoms with Gasteiger partial charge in [0.05, 0.1) is 9.90 Å². The normalized spacial score (nSPS) is 10.2. The van der Waals surface area contributed by atoms with Crippen molar-refractivity contribution in [1.29, 1.82) is 0 Å². The van der Waals surface area contributed by atoms with Gasteiger partial charge in [0.2, 0.25) is 0 Å². The largest absolute Gasteiger partial charge is 0.377 e. The van der Waals surface area contributed by atoms with Gasteiger partial charge in [0.25, 0.3) is 0 Å². The Morgan fingerprint density at radius 2 is 2.33 bits per heavy atom. The second-order valence-electron chi connectivity index (χ2n) is 2.09. The van der Waals surface area contributed by atoms with Crippen LogP contribution in [0.25, 0.3) is 0 Å². The van der Waals surface area contributed by atoms with Crippen LogP contribution in [0.5, 0.6) is 0 Å². The monoisotopic (exact) mass is 224 g/mol. The van der Waals surface area contributed by atoms with Crippen LogP contribution >= 0.6 is 34.5 Å². The number of hydrogen-bond acceptors (Lipinski definition) is 3. The predicted octanol–water partition coefficient (Wildman–Crippen LogP) is 2.88. The molecule has 5 heteroatoms. The summed E-state index contributed by atoms with van der Waals surface area (Å²) >= 11 is 12.6. The van der Waals surface area contributed by atoms with E-state index in [0.29, 0.717) is 14.2 Å². The number of carbonyl (C=O) groups excluding carboxylic acids is 1. The molecule has 12 heavy (non-hydrogen) atoms. The Morgan fingerprint density at radius 3 is 2.75 bits per heavy atom. The Morgan fingerprint density at radius 1 is 1.67 bits per heavy atom.